The maximum atomic E-state index is 4.25. The highest BCUT2D eigenvalue weighted by molar-refractivity contribution is 5.16. The van der Waals surface area contributed by atoms with Crippen LogP contribution in [-0.4, -0.2) is 9.97 Å². The second-order valence-corrected chi connectivity index (χ2v) is 3.06. The summed E-state index contributed by atoms with van der Waals surface area (Å²) in [6.07, 6.45) is 7.54. The number of hydrogen-bond acceptors (Lipinski definition) is 2. The van der Waals surface area contributed by atoms with Gasteiger partial charge in [-0.05, 0) is 24.3 Å². The van der Waals surface area contributed by atoms with Gasteiger partial charge in [-0.15, -0.1) is 0 Å². The van der Waals surface area contributed by atoms with Crippen LogP contribution < -0.4 is 0 Å². The summed E-state index contributed by atoms with van der Waals surface area (Å²) in [6.45, 7) is 6.08. The van der Waals surface area contributed by atoms with Crippen molar-refractivity contribution in [2.24, 2.45) is 0 Å². The zero-order valence-corrected chi connectivity index (χ0v) is 8.75. The minimum Gasteiger partial charge on any atom is -0.241 e. The van der Waals surface area contributed by atoms with E-state index >= 15 is 0 Å². The van der Waals surface area contributed by atoms with Gasteiger partial charge in [0.15, 0.2) is 0 Å². The maximum Gasteiger partial charge on any atom is 0.127 e. The van der Waals surface area contributed by atoms with Crippen molar-refractivity contribution in [3.05, 3.63) is 23.8 Å². The molecule has 0 aliphatic heterocycles. The monoisotopic (exact) mass is 178 g/mol. The zero-order valence-electron chi connectivity index (χ0n) is 8.75. The van der Waals surface area contributed by atoms with Gasteiger partial charge in [-0.2, -0.15) is 0 Å². The summed E-state index contributed by atoms with van der Waals surface area (Å²) in [5.41, 5.74) is 1.32. The van der Waals surface area contributed by atoms with Crippen LogP contribution in [0.25, 0.3) is 0 Å². The van der Waals surface area contributed by atoms with Crippen LogP contribution in [0.15, 0.2) is 12.4 Å². The highest BCUT2D eigenvalue weighted by Gasteiger charge is 2.23. The van der Waals surface area contributed by atoms with Crippen LogP contribution in [0.3, 0.4) is 0 Å². The van der Waals surface area contributed by atoms with Crippen molar-refractivity contribution in [2.75, 3.05) is 0 Å². The Kier molecular flexibility index (Phi) is 3.87. The molecule has 0 atom stereocenters. The molecule has 2 rings (SSSR count). The number of rotatable bonds is 2. The maximum absolute atomic E-state index is 4.25. The predicted molar refractivity (Wildman–Crippen MR) is 54.7 cm³/mol. The van der Waals surface area contributed by atoms with E-state index in [9.17, 15) is 0 Å². The minimum atomic E-state index is 0.779. The van der Waals surface area contributed by atoms with Gasteiger partial charge in [-0.25, -0.2) is 9.97 Å². The van der Waals surface area contributed by atoms with Crippen LogP contribution in [0.5, 0.6) is 0 Å². The molecule has 0 N–H and O–H groups in total. The molecule has 0 spiro atoms. The quantitative estimate of drug-likeness (QED) is 0.695. The van der Waals surface area contributed by atoms with Gasteiger partial charge < -0.3 is 0 Å². The molecule has 0 aromatic carbocycles. The van der Waals surface area contributed by atoms with Gasteiger partial charge in [0, 0.05) is 18.8 Å². The Morgan fingerprint density at radius 3 is 2.15 bits per heavy atom. The number of aromatic nitrogens is 2. The molecule has 2 nitrogen and oxygen atoms in total. The van der Waals surface area contributed by atoms with Crippen molar-refractivity contribution in [3.63, 3.8) is 0 Å². The molecule has 1 aliphatic carbocycles. The number of nitrogens with zero attached hydrogens (tertiary/aromatic N) is 2. The summed E-state index contributed by atoms with van der Waals surface area (Å²) in [5, 5.41) is 0. The molecule has 0 saturated heterocycles. The van der Waals surface area contributed by atoms with Gasteiger partial charge in [0.05, 0.1) is 0 Å². The first-order chi connectivity index (χ1) is 6.40. The predicted octanol–water partition coefficient (Wildman–Crippen LogP) is 2.94. The van der Waals surface area contributed by atoms with Crippen LogP contribution in [0.4, 0.5) is 0 Å². The van der Waals surface area contributed by atoms with E-state index < -0.39 is 0 Å². The van der Waals surface area contributed by atoms with Crippen molar-refractivity contribution in [3.8, 4) is 0 Å². The lowest BCUT2D eigenvalue weighted by Gasteiger charge is -1.97. The molecule has 13 heavy (non-hydrogen) atoms. The molecule has 0 radical (unpaired) electrons. The van der Waals surface area contributed by atoms with E-state index in [0.29, 0.717) is 0 Å². The van der Waals surface area contributed by atoms with Crippen molar-refractivity contribution >= 4 is 0 Å². The smallest absolute Gasteiger partial charge is 0.127 e. The summed E-state index contributed by atoms with van der Waals surface area (Å²) in [4.78, 5) is 8.49. The lowest BCUT2D eigenvalue weighted by Crippen LogP contribution is -1.93. The first-order valence-corrected chi connectivity index (χ1v) is 5.21. The standard InChI is InChI=1S/C9H12N2.C2H6/c1-2-9-10-5-8(6-11-9)7-3-4-7;1-2/h5-7H,2-4H2,1H3;1-2H3. The fourth-order valence-electron chi connectivity index (χ4n) is 1.17. The Bertz CT molecular complexity index is 237. The van der Waals surface area contributed by atoms with E-state index in [-0.39, 0.29) is 0 Å². The lowest BCUT2D eigenvalue weighted by atomic mass is 10.2. The van der Waals surface area contributed by atoms with Gasteiger partial charge in [0.2, 0.25) is 0 Å². The van der Waals surface area contributed by atoms with Gasteiger partial charge in [-0.3, -0.25) is 0 Å². The third-order valence-corrected chi connectivity index (χ3v) is 2.09. The molecule has 0 amide bonds. The van der Waals surface area contributed by atoms with Crippen molar-refractivity contribution in [1.82, 2.24) is 9.97 Å². The topological polar surface area (TPSA) is 25.8 Å². The molecule has 1 fully saturated rings. The Morgan fingerprint density at radius 1 is 1.23 bits per heavy atom. The molecule has 0 bridgehead atoms. The molecule has 72 valence electrons. The van der Waals surface area contributed by atoms with Crippen LogP contribution in [0.1, 0.15) is 50.9 Å². The van der Waals surface area contributed by atoms with E-state index in [1.807, 2.05) is 26.2 Å². The Balaban J connectivity index is 0.000000396. The first-order valence-electron chi connectivity index (χ1n) is 5.21. The van der Waals surface area contributed by atoms with Crippen molar-refractivity contribution in [1.29, 1.82) is 0 Å². The number of hydrogen-bond donors (Lipinski definition) is 0. The molecule has 1 saturated carbocycles. The van der Waals surface area contributed by atoms with Crippen molar-refractivity contribution in [2.45, 2.75) is 46.0 Å². The Morgan fingerprint density at radius 2 is 1.77 bits per heavy atom. The van der Waals surface area contributed by atoms with Crippen LogP contribution >= 0.6 is 0 Å². The summed E-state index contributed by atoms with van der Waals surface area (Å²) < 4.78 is 0. The summed E-state index contributed by atoms with van der Waals surface area (Å²) in [6, 6.07) is 0. The molecule has 1 heterocycles. The minimum absolute atomic E-state index is 0.779. The van der Waals surface area contributed by atoms with Gasteiger partial charge in [0.1, 0.15) is 5.82 Å². The fraction of sp³-hybridized carbons (Fsp3) is 0.636. The largest absolute Gasteiger partial charge is 0.241 e. The molecular weight excluding hydrogens is 160 g/mol. The first kappa shape index (κ1) is 10.2. The molecule has 1 aromatic rings. The summed E-state index contributed by atoms with van der Waals surface area (Å²) in [5.74, 6) is 1.73. The van der Waals surface area contributed by atoms with Crippen LogP contribution in [-0.2, 0) is 6.42 Å². The van der Waals surface area contributed by atoms with Crippen LogP contribution in [0.2, 0.25) is 0 Å². The molecule has 2 heteroatoms. The Hall–Kier alpha value is -0.920. The second-order valence-electron chi connectivity index (χ2n) is 3.06. The van der Waals surface area contributed by atoms with Crippen molar-refractivity contribution < 1.29 is 0 Å². The van der Waals surface area contributed by atoms with Gasteiger partial charge in [-0.1, -0.05) is 20.8 Å². The zero-order chi connectivity index (χ0) is 9.68. The van der Waals surface area contributed by atoms with E-state index in [4.69, 9.17) is 0 Å². The Labute approximate surface area is 80.4 Å². The lowest BCUT2D eigenvalue weighted by molar-refractivity contribution is 0.911. The van der Waals surface area contributed by atoms with Crippen LogP contribution in [0, 0.1) is 0 Å². The third kappa shape index (κ3) is 2.79. The van der Waals surface area contributed by atoms with E-state index in [0.717, 1.165) is 18.2 Å². The highest BCUT2D eigenvalue weighted by Crippen LogP contribution is 2.39. The fourth-order valence-corrected chi connectivity index (χ4v) is 1.17. The molecular formula is C11H18N2. The molecule has 1 aromatic heterocycles. The SMILES string of the molecule is CC.CCc1ncc(C2CC2)cn1. The van der Waals surface area contributed by atoms with Gasteiger partial charge in [0.25, 0.3) is 0 Å². The molecule has 0 unspecified atom stereocenters. The molecule has 1 aliphatic rings. The van der Waals surface area contributed by atoms with E-state index in [1.165, 1.54) is 18.4 Å². The van der Waals surface area contributed by atoms with E-state index in [1.54, 1.807) is 0 Å². The number of aryl methyl sites for hydroxylation is 1. The third-order valence-electron chi connectivity index (χ3n) is 2.09. The summed E-state index contributed by atoms with van der Waals surface area (Å²) in [7, 11) is 0. The van der Waals surface area contributed by atoms with Gasteiger partial charge >= 0.3 is 0 Å². The highest BCUT2D eigenvalue weighted by atomic mass is 14.9. The summed E-state index contributed by atoms with van der Waals surface area (Å²) >= 11 is 0. The van der Waals surface area contributed by atoms with E-state index in [2.05, 4.69) is 16.9 Å². The second kappa shape index (κ2) is 4.95. The average molecular weight is 178 g/mol. The average Bonchev–Trinajstić information content (AvgIpc) is 3.05. The normalized spacial score (nSPS) is 14.7.